The Labute approximate surface area is 152 Å². The fourth-order valence-electron chi connectivity index (χ4n) is 1.87. The van der Waals surface area contributed by atoms with Gasteiger partial charge in [-0.25, -0.2) is 4.98 Å². The number of nitrogens with zero attached hydrogens (tertiary/aromatic N) is 3. The van der Waals surface area contributed by atoms with Gasteiger partial charge in [-0.1, -0.05) is 19.9 Å². The number of ether oxygens (including phenoxy) is 1. The number of rotatable bonds is 5. The van der Waals surface area contributed by atoms with Crippen molar-refractivity contribution in [3.63, 3.8) is 0 Å². The van der Waals surface area contributed by atoms with E-state index < -0.39 is 17.6 Å². The summed E-state index contributed by atoms with van der Waals surface area (Å²) in [4.78, 5) is 9.45. The van der Waals surface area contributed by atoms with E-state index in [9.17, 15) is 13.2 Å². The smallest absolute Gasteiger partial charge is 0.423 e. The van der Waals surface area contributed by atoms with Crippen molar-refractivity contribution in [2.75, 3.05) is 18.6 Å². The van der Waals surface area contributed by atoms with Crippen LogP contribution in [0.25, 0.3) is 0 Å². The lowest BCUT2D eigenvalue weighted by Gasteiger charge is -2.20. The van der Waals surface area contributed by atoms with Gasteiger partial charge in [0.1, 0.15) is 5.56 Å². The van der Waals surface area contributed by atoms with Gasteiger partial charge in [0, 0.05) is 22.5 Å². The molecule has 1 aromatic heterocycles. The Morgan fingerprint density at radius 2 is 2.00 bits per heavy atom. The molecule has 0 saturated heterocycles. The largest absolute Gasteiger partial charge is 0.477 e. The first-order valence-corrected chi connectivity index (χ1v) is 8.32. The molecule has 0 aliphatic carbocycles. The molecule has 0 saturated carbocycles. The maximum absolute atomic E-state index is 13.1. The lowest BCUT2D eigenvalue weighted by molar-refractivity contribution is -0.139. The molecule has 8 heteroatoms. The number of halogens is 4. The van der Waals surface area contributed by atoms with Gasteiger partial charge in [-0.2, -0.15) is 18.2 Å². The van der Waals surface area contributed by atoms with E-state index >= 15 is 0 Å². The highest BCUT2D eigenvalue weighted by atomic mass is 127. The molecule has 0 radical (unpaired) electrons. The molecule has 0 spiro atoms. The van der Waals surface area contributed by atoms with Gasteiger partial charge < -0.3 is 9.64 Å². The molecule has 0 N–H and O–H groups in total. The first kappa shape index (κ1) is 18.8. The van der Waals surface area contributed by atoms with Crippen LogP contribution >= 0.6 is 22.6 Å². The van der Waals surface area contributed by atoms with Crippen molar-refractivity contribution in [1.82, 2.24) is 9.97 Å². The predicted octanol–water partition coefficient (Wildman–Crippen LogP) is 4.90. The quantitative estimate of drug-likeness (QED) is 0.607. The minimum atomic E-state index is -4.56. The van der Waals surface area contributed by atoms with E-state index in [2.05, 4.69) is 32.6 Å². The average molecular weight is 451 g/mol. The van der Waals surface area contributed by atoms with Crippen molar-refractivity contribution in [3.8, 4) is 5.88 Å². The normalized spacial score (nSPS) is 11.7. The van der Waals surface area contributed by atoms with E-state index in [4.69, 9.17) is 4.74 Å². The molecule has 2 aromatic rings. The Hall–Kier alpha value is -1.58. The number of anilines is 2. The molecular formula is C16H17F3IN3O. The standard InChI is InChI=1S/C16H17F3IN3O/c1-10(2)9-24-14-13(16(17,18)19)8-21-15(22-14)23(3)12-6-4-5-11(20)7-12/h4-8,10H,9H2,1-3H3. The molecular weight excluding hydrogens is 434 g/mol. The second-order valence-corrected chi connectivity index (χ2v) is 6.88. The Kier molecular flexibility index (Phi) is 5.89. The van der Waals surface area contributed by atoms with E-state index in [0.29, 0.717) is 0 Å². The summed E-state index contributed by atoms with van der Waals surface area (Å²) in [6.07, 6.45) is -3.80. The Balaban J connectivity index is 2.39. The van der Waals surface area contributed by atoms with Gasteiger partial charge in [0.05, 0.1) is 6.61 Å². The summed E-state index contributed by atoms with van der Waals surface area (Å²) < 4.78 is 45.6. The van der Waals surface area contributed by atoms with Crippen molar-refractivity contribution in [3.05, 3.63) is 39.6 Å². The second kappa shape index (κ2) is 7.54. The number of benzene rings is 1. The van der Waals surface area contributed by atoms with Crippen molar-refractivity contribution in [1.29, 1.82) is 0 Å². The third-order valence-corrected chi connectivity index (χ3v) is 3.77. The summed E-state index contributed by atoms with van der Waals surface area (Å²) in [5, 5.41) is 0. The van der Waals surface area contributed by atoms with Crippen LogP contribution in [0.15, 0.2) is 30.5 Å². The van der Waals surface area contributed by atoms with Gasteiger partial charge in [0.25, 0.3) is 0 Å². The van der Waals surface area contributed by atoms with Crippen molar-refractivity contribution < 1.29 is 17.9 Å². The van der Waals surface area contributed by atoms with Crippen molar-refractivity contribution in [2.45, 2.75) is 20.0 Å². The van der Waals surface area contributed by atoms with E-state index in [0.717, 1.165) is 15.5 Å². The van der Waals surface area contributed by atoms with Crippen LogP contribution in [-0.4, -0.2) is 23.6 Å². The van der Waals surface area contributed by atoms with Gasteiger partial charge in [0.15, 0.2) is 0 Å². The third-order valence-electron chi connectivity index (χ3n) is 3.10. The highest BCUT2D eigenvalue weighted by Gasteiger charge is 2.36. The molecule has 0 atom stereocenters. The highest BCUT2D eigenvalue weighted by molar-refractivity contribution is 14.1. The summed E-state index contributed by atoms with van der Waals surface area (Å²) in [5.41, 5.74) is -0.195. The second-order valence-electron chi connectivity index (χ2n) is 5.63. The molecule has 1 aromatic carbocycles. The molecule has 0 fully saturated rings. The first-order chi connectivity index (χ1) is 11.2. The summed E-state index contributed by atoms with van der Waals surface area (Å²) >= 11 is 2.16. The number of hydrogen-bond acceptors (Lipinski definition) is 4. The molecule has 24 heavy (non-hydrogen) atoms. The maximum atomic E-state index is 13.1. The summed E-state index contributed by atoms with van der Waals surface area (Å²) in [5.74, 6) is -0.222. The lowest BCUT2D eigenvalue weighted by atomic mass is 10.2. The topological polar surface area (TPSA) is 38.2 Å². The first-order valence-electron chi connectivity index (χ1n) is 7.25. The monoisotopic (exact) mass is 451 g/mol. The van der Waals surface area contributed by atoms with Crippen LogP contribution in [0, 0.1) is 9.49 Å². The molecule has 0 aliphatic rings. The van der Waals surface area contributed by atoms with Gasteiger partial charge in [0.2, 0.25) is 11.8 Å². The zero-order valence-electron chi connectivity index (χ0n) is 13.4. The van der Waals surface area contributed by atoms with Crippen LogP contribution < -0.4 is 9.64 Å². The SMILES string of the molecule is CC(C)COc1nc(N(C)c2cccc(I)c2)ncc1C(F)(F)F. The van der Waals surface area contributed by atoms with Crippen LogP contribution in [0.5, 0.6) is 5.88 Å². The van der Waals surface area contributed by atoms with Crippen LogP contribution in [-0.2, 0) is 6.18 Å². The fraction of sp³-hybridized carbons (Fsp3) is 0.375. The van der Waals surface area contributed by atoms with Crippen LogP contribution in [0.1, 0.15) is 19.4 Å². The molecule has 1 heterocycles. The minimum Gasteiger partial charge on any atom is -0.477 e. The number of aromatic nitrogens is 2. The van der Waals surface area contributed by atoms with Crippen LogP contribution in [0.3, 0.4) is 0 Å². The molecule has 4 nitrogen and oxygen atoms in total. The summed E-state index contributed by atoms with van der Waals surface area (Å²) in [6, 6.07) is 7.49. The Morgan fingerprint density at radius 3 is 2.58 bits per heavy atom. The molecule has 2 rings (SSSR count). The third kappa shape index (κ3) is 4.71. The van der Waals surface area contributed by atoms with Crippen molar-refractivity contribution in [2.24, 2.45) is 5.92 Å². The maximum Gasteiger partial charge on any atom is 0.423 e. The molecule has 0 amide bonds. The molecule has 0 aliphatic heterocycles. The van der Waals surface area contributed by atoms with Gasteiger partial charge >= 0.3 is 6.18 Å². The van der Waals surface area contributed by atoms with Gasteiger partial charge in [-0.3, -0.25) is 0 Å². The molecule has 0 bridgehead atoms. The van der Waals surface area contributed by atoms with Crippen molar-refractivity contribution >= 4 is 34.2 Å². The van der Waals surface area contributed by atoms with E-state index in [1.54, 1.807) is 11.9 Å². The summed E-state index contributed by atoms with van der Waals surface area (Å²) in [7, 11) is 1.69. The number of alkyl halides is 3. The van der Waals surface area contributed by atoms with E-state index in [1.807, 2.05) is 38.1 Å². The number of hydrogen-bond donors (Lipinski definition) is 0. The zero-order chi connectivity index (χ0) is 17.9. The lowest BCUT2D eigenvalue weighted by Crippen LogP contribution is -2.18. The highest BCUT2D eigenvalue weighted by Crippen LogP contribution is 2.36. The van der Waals surface area contributed by atoms with E-state index in [-0.39, 0.29) is 18.5 Å². The average Bonchev–Trinajstić information content (AvgIpc) is 2.51. The fourth-order valence-corrected chi connectivity index (χ4v) is 2.40. The molecule has 0 unspecified atom stereocenters. The summed E-state index contributed by atoms with van der Waals surface area (Å²) in [6.45, 7) is 3.85. The van der Waals surface area contributed by atoms with Crippen LogP contribution in [0.2, 0.25) is 0 Å². The van der Waals surface area contributed by atoms with Gasteiger partial charge in [-0.05, 0) is 46.7 Å². The zero-order valence-corrected chi connectivity index (χ0v) is 15.6. The van der Waals surface area contributed by atoms with Crippen LogP contribution in [0.4, 0.5) is 24.8 Å². The minimum absolute atomic E-state index is 0.0814. The Morgan fingerprint density at radius 1 is 1.29 bits per heavy atom. The Bertz CT molecular complexity index is 707. The predicted molar refractivity (Wildman–Crippen MR) is 94.6 cm³/mol. The van der Waals surface area contributed by atoms with E-state index in [1.165, 1.54) is 0 Å². The van der Waals surface area contributed by atoms with Gasteiger partial charge in [-0.15, -0.1) is 0 Å². The molecule has 130 valence electrons.